The van der Waals surface area contributed by atoms with Gasteiger partial charge in [-0.05, 0) is 49.6 Å². The third-order valence-corrected chi connectivity index (χ3v) is 3.35. The molecule has 4 nitrogen and oxygen atoms in total. The highest BCUT2D eigenvalue weighted by atomic mass is 16.5. The van der Waals surface area contributed by atoms with E-state index < -0.39 is 5.97 Å². The van der Waals surface area contributed by atoms with Crippen molar-refractivity contribution in [2.45, 2.75) is 20.8 Å². The lowest BCUT2D eigenvalue weighted by atomic mass is 10.1. The zero-order valence-corrected chi connectivity index (χ0v) is 11.7. The van der Waals surface area contributed by atoms with Crippen molar-refractivity contribution < 1.29 is 14.6 Å². The lowest BCUT2D eigenvalue weighted by molar-refractivity contribution is 0.0694. The molecule has 2 rings (SSSR count). The predicted molar refractivity (Wildman–Crippen MR) is 78.5 cm³/mol. The molecule has 104 valence electrons. The molecule has 0 aromatic heterocycles. The second-order valence-corrected chi connectivity index (χ2v) is 4.78. The van der Waals surface area contributed by atoms with E-state index in [1.54, 1.807) is 12.1 Å². The molecule has 0 aliphatic carbocycles. The molecule has 0 heterocycles. The number of nitrogen functional groups attached to an aromatic ring is 1. The Balaban J connectivity index is 2.56. The van der Waals surface area contributed by atoms with Crippen LogP contribution < -0.4 is 10.5 Å². The fourth-order valence-corrected chi connectivity index (χ4v) is 2.02. The van der Waals surface area contributed by atoms with Gasteiger partial charge >= 0.3 is 5.97 Å². The Morgan fingerprint density at radius 1 is 1.05 bits per heavy atom. The molecule has 0 spiro atoms. The Bertz CT molecular complexity index is 678. The lowest BCUT2D eigenvalue weighted by Gasteiger charge is -2.16. The van der Waals surface area contributed by atoms with Crippen molar-refractivity contribution in [1.82, 2.24) is 0 Å². The number of carboxylic acid groups (broad SMARTS) is 1. The summed E-state index contributed by atoms with van der Waals surface area (Å²) in [4.78, 5) is 11.3. The summed E-state index contributed by atoms with van der Waals surface area (Å²) in [6, 6.07) is 8.65. The molecular weight excluding hydrogens is 254 g/mol. The Labute approximate surface area is 117 Å². The van der Waals surface area contributed by atoms with Crippen LogP contribution in [-0.2, 0) is 0 Å². The molecule has 0 unspecified atom stereocenters. The summed E-state index contributed by atoms with van der Waals surface area (Å²) < 4.78 is 5.84. The molecule has 2 aromatic rings. The third-order valence-electron chi connectivity index (χ3n) is 3.35. The van der Waals surface area contributed by atoms with Gasteiger partial charge in [0.15, 0.2) is 5.75 Å². The largest absolute Gasteiger partial charge is 0.478 e. The molecule has 0 saturated carbocycles. The van der Waals surface area contributed by atoms with Gasteiger partial charge in [0.25, 0.3) is 0 Å². The second-order valence-electron chi connectivity index (χ2n) is 4.78. The number of carboxylic acids is 1. The first-order valence-corrected chi connectivity index (χ1v) is 6.28. The minimum absolute atomic E-state index is 0.0605. The molecule has 0 aliphatic heterocycles. The maximum absolute atomic E-state index is 11.3. The van der Waals surface area contributed by atoms with Crippen LogP contribution in [0.3, 0.4) is 0 Å². The van der Waals surface area contributed by atoms with Gasteiger partial charge in [0.1, 0.15) is 11.3 Å². The Hall–Kier alpha value is -2.49. The fraction of sp³-hybridized carbons (Fsp3) is 0.188. The fourth-order valence-electron chi connectivity index (χ4n) is 2.02. The van der Waals surface area contributed by atoms with Crippen molar-refractivity contribution in [3.05, 3.63) is 52.6 Å². The van der Waals surface area contributed by atoms with Crippen molar-refractivity contribution in [3.63, 3.8) is 0 Å². The van der Waals surface area contributed by atoms with E-state index in [-0.39, 0.29) is 11.3 Å². The first-order chi connectivity index (χ1) is 9.41. The summed E-state index contributed by atoms with van der Waals surface area (Å²) in [5, 5.41) is 9.23. The Morgan fingerprint density at radius 2 is 1.70 bits per heavy atom. The summed E-state index contributed by atoms with van der Waals surface area (Å²) in [6.45, 7) is 5.84. The second kappa shape index (κ2) is 5.25. The van der Waals surface area contributed by atoms with Crippen LogP contribution >= 0.6 is 0 Å². The smallest absolute Gasteiger partial charge is 0.339 e. The molecule has 0 fully saturated rings. The number of ether oxygens (including phenoxy) is 1. The van der Waals surface area contributed by atoms with Crippen LogP contribution in [0.15, 0.2) is 30.3 Å². The van der Waals surface area contributed by atoms with E-state index in [1.165, 1.54) is 6.07 Å². The van der Waals surface area contributed by atoms with Crippen LogP contribution in [0.25, 0.3) is 0 Å². The van der Waals surface area contributed by atoms with E-state index >= 15 is 0 Å². The van der Waals surface area contributed by atoms with E-state index in [0.29, 0.717) is 11.4 Å². The van der Waals surface area contributed by atoms with E-state index in [1.807, 2.05) is 32.9 Å². The number of benzene rings is 2. The Morgan fingerprint density at radius 3 is 2.35 bits per heavy atom. The normalized spacial score (nSPS) is 10.3. The van der Waals surface area contributed by atoms with Gasteiger partial charge in [-0.15, -0.1) is 0 Å². The molecule has 20 heavy (non-hydrogen) atoms. The third kappa shape index (κ3) is 2.45. The van der Waals surface area contributed by atoms with E-state index in [9.17, 15) is 9.90 Å². The number of nitrogens with two attached hydrogens (primary N) is 1. The number of para-hydroxylation sites is 1. The molecule has 0 amide bonds. The molecule has 0 aliphatic rings. The highest BCUT2D eigenvalue weighted by Gasteiger charge is 2.17. The van der Waals surface area contributed by atoms with Gasteiger partial charge in [-0.25, -0.2) is 4.79 Å². The van der Waals surface area contributed by atoms with Crippen LogP contribution in [0.1, 0.15) is 27.0 Å². The van der Waals surface area contributed by atoms with Gasteiger partial charge in [-0.2, -0.15) is 0 Å². The summed E-state index contributed by atoms with van der Waals surface area (Å²) >= 11 is 0. The quantitative estimate of drug-likeness (QED) is 0.835. The minimum Gasteiger partial charge on any atom is -0.478 e. The van der Waals surface area contributed by atoms with Crippen molar-refractivity contribution in [2.24, 2.45) is 0 Å². The summed E-state index contributed by atoms with van der Waals surface area (Å²) in [7, 11) is 0. The highest BCUT2D eigenvalue weighted by molar-refractivity contribution is 5.93. The number of hydrogen-bond acceptors (Lipinski definition) is 3. The molecule has 0 atom stereocenters. The molecule has 0 radical (unpaired) electrons. The number of aryl methyl sites for hydroxylation is 2. The molecule has 3 N–H and O–H groups in total. The maximum atomic E-state index is 11.3. The minimum atomic E-state index is -1.06. The van der Waals surface area contributed by atoms with Gasteiger partial charge < -0.3 is 15.6 Å². The zero-order chi connectivity index (χ0) is 14.9. The van der Waals surface area contributed by atoms with Gasteiger partial charge in [0, 0.05) is 0 Å². The van der Waals surface area contributed by atoms with Gasteiger partial charge in [-0.3, -0.25) is 0 Å². The molecule has 4 heteroatoms. The average Bonchev–Trinajstić information content (AvgIpc) is 2.40. The number of aromatic carboxylic acids is 1. The van der Waals surface area contributed by atoms with Crippen LogP contribution in [0, 0.1) is 20.8 Å². The number of anilines is 1. The predicted octanol–water partition coefficient (Wildman–Crippen LogP) is 3.68. The monoisotopic (exact) mass is 271 g/mol. The summed E-state index contributed by atoms with van der Waals surface area (Å²) in [6.07, 6.45) is 0. The molecule has 0 bridgehead atoms. The topological polar surface area (TPSA) is 72.5 Å². The van der Waals surface area contributed by atoms with E-state index in [0.717, 1.165) is 16.7 Å². The molecule has 0 saturated heterocycles. The van der Waals surface area contributed by atoms with Crippen LogP contribution in [0.2, 0.25) is 0 Å². The van der Waals surface area contributed by atoms with Crippen molar-refractivity contribution in [2.75, 3.05) is 5.73 Å². The van der Waals surface area contributed by atoms with Crippen LogP contribution in [0.4, 0.5) is 5.69 Å². The van der Waals surface area contributed by atoms with Gasteiger partial charge in [0.05, 0.1) is 5.69 Å². The highest BCUT2D eigenvalue weighted by Crippen LogP contribution is 2.35. The first kappa shape index (κ1) is 13.9. The molecule has 2 aromatic carbocycles. The average molecular weight is 271 g/mol. The van der Waals surface area contributed by atoms with E-state index in [2.05, 4.69) is 0 Å². The number of hydrogen-bond donors (Lipinski definition) is 2. The van der Waals surface area contributed by atoms with Crippen LogP contribution in [0.5, 0.6) is 11.5 Å². The van der Waals surface area contributed by atoms with Gasteiger partial charge in [-0.1, -0.05) is 18.2 Å². The SMILES string of the molecule is Cc1ccc(C)c(Oc2c(N)cccc2C(=O)O)c1C. The summed E-state index contributed by atoms with van der Waals surface area (Å²) in [5.74, 6) is -0.211. The molecular formula is C16H17NO3. The maximum Gasteiger partial charge on any atom is 0.339 e. The number of carbonyl (C=O) groups is 1. The van der Waals surface area contributed by atoms with Gasteiger partial charge in [0.2, 0.25) is 0 Å². The Kier molecular flexibility index (Phi) is 3.66. The lowest BCUT2D eigenvalue weighted by Crippen LogP contribution is -2.04. The first-order valence-electron chi connectivity index (χ1n) is 6.28. The standard InChI is InChI=1S/C16H17NO3/c1-9-7-8-10(2)14(11(9)3)20-15-12(16(18)19)5-4-6-13(15)17/h4-8H,17H2,1-3H3,(H,18,19). The van der Waals surface area contributed by atoms with E-state index in [4.69, 9.17) is 10.5 Å². The van der Waals surface area contributed by atoms with Crippen molar-refractivity contribution in [3.8, 4) is 11.5 Å². The van der Waals surface area contributed by atoms with Crippen LogP contribution in [-0.4, -0.2) is 11.1 Å². The zero-order valence-electron chi connectivity index (χ0n) is 11.7. The number of rotatable bonds is 3. The summed E-state index contributed by atoms with van der Waals surface area (Å²) in [5.41, 5.74) is 9.22. The van der Waals surface area contributed by atoms with Crippen molar-refractivity contribution >= 4 is 11.7 Å². The van der Waals surface area contributed by atoms with Crippen molar-refractivity contribution in [1.29, 1.82) is 0 Å².